The summed E-state index contributed by atoms with van der Waals surface area (Å²) in [4.78, 5) is 20.9. The Kier molecular flexibility index (Phi) is 8.12. The third-order valence-electron chi connectivity index (χ3n) is 5.72. The lowest BCUT2D eigenvalue weighted by atomic mass is 10.1. The van der Waals surface area contributed by atoms with Crippen LogP contribution in [0.1, 0.15) is 29.7 Å². The zero-order valence-electron chi connectivity index (χ0n) is 19.9. The van der Waals surface area contributed by atoms with Crippen LogP contribution in [-0.2, 0) is 13.0 Å². The van der Waals surface area contributed by atoms with Crippen molar-refractivity contribution in [2.24, 2.45) is 0 Å². The molecule has 3 heterocycles. The zero-order chi connectivity index (χ0) is 23.9. The van der Waals surface area contributed by atoms with Crippen molar-refractivity contribution in [1.82, 2.24) is 35.0 Å². The average Bonchev–Trinajstić information content (AvgIpc) is 3.26. The Balaban J connectivity index is 1.23. The van der Waals surface area contributed by atoms with E-state index in [1.807, 2.05) is 55.3 Å². The second-order valence-corrected chi connectivity index (χ2v) is 10.1. The molecule has 1 amide bonds. The van der Waals surface area contributed by atoms with E-state index in [0.717, 1.165) is 48.8 Å². The van der Waals surface area contributed by atoms with Gasteiger partial charge in [-0.05, 0) is 79.7 Å². The first kappa shape index (κ1) is 24.2. The number of pyridine rings is 1. The molecule has 1 saturated heterocycles. The first-order valence-corrected chi connectivity index (χ1v) is 12.4. The van der Waals surface area contributed by atoms with Crippen LogP contribution in [0.25, 0.3) is 0 Å². The van der Waals surface area contributed by atoms with Gasteiger partial charge < -0.3 is 14.5 Å². The van der Waals surface area contributed by atoms with Gasteiger partial charge in [0.15, 0.2) is 0 Å². The monoisotopic (exact) mass is 481 g/mol. The number of rotatable bonds is 8. The van der Waals surface area contributed by atoms with Gasteiger partial charge >= 0.3 is 6.09 Å². The Morgan fingerprint density at radius 1 is 1.18 bits per heavy atom. The Morgan fingerprint density at radius 3 is 2.65 bits per heavy atom. The Labute approximate surface area is 204 Å². The molecule has 0 spiro atoms. The van der Waals surface area contributed by atoms with Gasteiger partial charge in [-0.25, -0.2) is 9.48 Å². The second-order valence-electron chi connectivity index (χ2n) is 8.81. The highest BCUT2D eigenvalue weighted by Gasteiger charge is 2.26. The van der Waals surface area contributed by atoms with E-state index in [4.69, 9.17) is 4.74 Å². The van der Waals surface area contributed by atoms with Gasteiger partial charge in [-0.2, -0.15) is 0 Å². The predicted octanol–water partition coefficient (Wildman–Crippen LogP) is 3.28. The Hall–Kier alpha value is -2.98. The number of benzene rings is 1. The molecule has 3 aromatic rings. The lowest BCUT2D eigenvalue weighted by molar-refractivity contribution is 0.143. The zero-order valence-corrected chi connectivity index (χ0v) is 20.7. The number of thioether (sulfide) groups is 1. The molecule has 0 radical (unpaired) electrons. The van der Waals surface area contributed by atoms with Gasteiger partial charge in [0.05, 0.1) is 6.54 Å². The topological polar surface area (TPSA) is 89.3 Å². The molecule has 9 nitrogen and oxygen atoms in total. The van der Waals surface area contributed by atoms with Crippen LogP contribution in [0.4, 0.5) is 4.79 Å². The maximum Gasteiger partial charge on any atom is 0.415 e. The van der Waals surface area contributed by atoms with Crippen molar-refractivity contribution >= 4 is 17.9 Å². The number of hydrogen-bond donors (Lipinski definition) is 0. The number of likely N-dealkylation sites (N-methyl/N-ethyl adjacent to an activating group) is 1. The lowest BCUT2D eigenvalue weighted by Crippen LogP contribution is -2.41. The fourth-order valence-corrected chi connectivity index (χ4v) is 4.84. The maximum atomic E-state index is 12.7. The number of aryl methyl sites for hydroxylation is 1. The summed E-state index contributed by atoms with van der Waals surface area (Å²) in [6.07, 6.45) is 4.04. The summed E-state index contributed by atoms with van der Waals surface area (Å²) in [5, 5.41) is 13.3. The van der Waals surface area contributed by atoms with E-state index in [1.54, 1.807) is 16.7 Å². The minimum absolute atomic E-state index is 0.299. The number of carbonyl (C=O) groups is 1. The minimum Gasteiger partial charge on any atom is -0.410 e. The summed E-state index contributed by atoms with van der Waals surface area (Å²) in [6, 6.07) is 11.7. The van der Waals surface area contributed by atoms with Crippen LogP contribution >= 0.6 is 11.8 Å². The SMILES string of the molecule is Cc1ccnc(Cc2ccc(OC(=O)N3CCC(Sc4nnnn4CCN(C)C)CC3)cc2)c1. The van der Waals surface area contributed by atoms with Crippen LogP contribution in [0.3, 0.4) is 0 Å². The van der Waals surface area contributed by atoms with Crippen molar-refractivity contribution in [3.05, 3.63) is 59.4 Å². The van der Waals surface area contributed by atoms with E-state index < -0.39 is 0 Å². The normalized spacial score (nSPS) is 14.5. The molecule has 1 fully saturated rings. The first-order chi connectivity index (χ1) is 16.5. The van der Waals surface area contributed by atoms with Crippen LogP contribution in [-0.4, -0.2) is 80.1 Å². The van der Waals surface area contributed by atoms with E-state index >= 15 is 0 Å². The van der Waals surface area contributed by atoms with E-state index in [0.29, 0.717) is 24.1 Å². The van der Waals surface area contributed by atoms with Crippen molar-refractivity contribution in [1.29, 1.82) is 0 Å². The predicted molar refractivity (Wildman–Crippen MR) is 131 cm³/mol. The summed E-state index contributed by atoms with van der Waals surface area (Å²) in [7, 11) is 4.06. The highest BCUT2D eigenvalue weighted by molar-refractivity contribution is 7.99. The highest BCUT2D eigenvalue weighted by Crippen LogP contribution is 2.29. The van der Waals surface area contributed by atoms with Gasteiger partial charge in [0.25, 0.3) is 0 Å². The van der Waals surface area contributed by atoms with E-state index in [9.17, 15) is 4.79 Å². The number of likely N-dealkylation sites (tertiary alicyclic amines) is 1. The van der Waals surface area contributed by atoms with Crippen LogP contribution in [0, 0.1) is 6.92 Å². The molecular weight excluding hydrogens is 450 g/mol. The molecule has 2 aromatic heterocycles. The molecular formula is C24H31N7O2S. The fourth-order valence-electron chi connectivity index (χ4n) is 3.77. The number of hydrogen-bond acceptors (Lipinski definition) is 8. The maximum absolute atomic E-state index is 12.7. The number of aromatic nitrogens is 5. The van der Waals surface area contributed by atoms with Gasteiger partial charge in [-0.15, -0.1) is 5.10 Å². The van der Waals surface area contributed by atoms with E-state index in [-0.39, 0.29) is 6.09 Å². The molecule has 1 aliphatic rings. The van der Waals surface area contributed by atoms with E-state index in [1.165, 1.54) is 5.56 Å². The summed E-state index contributed by atoms with van der Waals surface area (Å²) in [5.74, 6) is 0.558. The fraction of sp³-hybridized carbons (Fsp3) is 0.458. The largest absolute Gasteiger partial charge is 0.415 e. The Morgan fingerprint density at radius 2 is 1.94 bits per heavy atom. The summed E-state index contributed by atoms with van der Waals surface area (Å²) < 4.78 is 7.47. The van der Waals surface area contributed by atoms with Crippen molar-refractivity contribution in [2.45, 2.75) is 43.1 Å². The van der Waals surface area contributed by atoms with Crippen molar-refractivity contribution in [3.8, 4) is 5.75 Å². The summed E-state index contributed by atoms with van der Waals surface area (Å²) in [6.45, 7) is 5.02. The van der Waals surface area contributed by atoms with Gasteiger partial charge in [0, 0.05) is 43.2 Å². The average molecular weight is 482 g/mol. The molecule has 34 heavy (non-hydrogen) atoms. The van der Waals surface area contributed by atoms with Crippen LogP contribution in [0.15, 0.2) is 47.8 Å². The van der Waals surface area contributed by atoms with Crippen LogP contribution in [0.2, 0.25) is 0 Å². The number of amides is 1. The molecule has 0 atom stereocenters. The van der Waals surface area contributed by atoms with Crippen LogP contribution < -0.4 is 4.74 Å². The molecule has 4 rings (SSSR count). The van der Waals surface area contributed by atoms with Gasteiger partial charge in [0.1, 0.15) is 5.75 Å². The third-order valence-corrected chi connectivity index (χ3v) is 7.02. The highest BCUT2D eigenvalue weighted by atomic mass is 32.2. The lowest BCUT2D eigenvalue weighted by Gasteiger charge is -2.30. The Bertz CT molecular complexity index is 1080. The number of piperidine rings is 1. The summed E-state index contributed by atoms with van der Waals surface area (Å²) in [5.41, 5.74) is 3.35. The molecule has 0 aliphatic carbocycles. The molecule has 10 heteroatoms. The third kappa shape index (κ3) is 6.77. The van der Waals surface area contributed by atoms with Crippen molar-refractivity contribution in [3.63, 3.8) is 0 Å². The first-order valence-electron chi connectivity index (χ1n) is 11.5. The molecule has 1 aromatic carbocycles. The number of nitrogens with zero attached hydrogens (tertiary/aromatic N) is 7. The molecule has 0 N–H and O–H groups in total. The van der Waals surface area contributed by atoms with E-state index in [2.05, 4.69) is 38.4 Å². The number of carbonyl (C=O) groups excluding carboxylic acids is 1. The molecule has 180 valence electrons. The van der Waals surface area contributed by atoms with Crippen molar-refractivity contribution < 1.29 is 9.53 Å². The van der Waals surface area contributed by atoms with Crippen LogP contribution in [0.5, 0.6) is 5.75 Å². The number of tetrazole rings is 1. The second kappa shape index (κ2) is 11.4. The number of ether oxygens (including phenoxy) is 1. The van der Waals surface area contributed by atoms with Gasteiger partial charge in [0.2, 0.25) is 5.16 Å². The van der Waals surface area contributed by atoms with Crippen molar-refractivity contribution in [2.75, 3.05) is 33.7 Å². The smallest absolute Gasteiger partial charge is 0.410 e. The minimum atomic E-state index is -0.299. The molecule has 0 unspecified atom stereocenters. The summed E-state index contributed by atoms with van der Waals surface area (Å²) >= 11 is 1.69. The molecule has 1 aliphatic heterocycles. The molecule has 0 bridgehead atoms. The van der Waals surface area contributed by atoms with Gasteiger partial charge in [-0.1, -0.05) is 23.9 Å². The standard InChI is InChI=1S/C24H31N7O2S/c1-18-8-11-25-20(16-18)17-19-4-6-21(7-5-19)33-24(32)30-12-9-22(10-13-30)34-23-26-27-28-31(23)15-14-29(2)3/h4-8,11,16,22H,9-10,12-15,17H2,1-3H3. The molecule has 0 saturated carbocycles. The quantitative estimate of drug-likeness (QED) is 0.484. The van der Waals surface area contributed by atoms with Gasteiger partial charge in [-0.3, -0.25) is 4.98 Å².